The second-order valence-electron chi connectivity index (χ2n) is 7.22. The molecule has 7 heteroatoms. The number of hydrogen-bond acceptors (Lipinski definition) is 5. The molecular formula is C20H24N4O2S. The molecule has 2 heterocycles. The number of pyridine rings is 1. The highest BCUT2D eigenvalue weighted by Crippen LogP contribution is 2.29. The van der Waals surface area contributed by atoms with Crippen LogP contribution in [0, 0.1) is 0 Å². The van der Waals surface area contributed by atoms with Crippen LogP contribution in [0.4, 0.5) is 0 Å². The van der Waals surface area contributed by atoms with Crippen LogP contribution < -0.4 is 11.0 Å². The van der Waals surface area contributed by atoms with Gasteiger partial charge < -0.3 is 5.32 Å². The van der Waals surface area contributed by atoms with E-state index in [-0.39, 0.29) is 11.6 Å². The van der Waals surface area contributed by atoms with Gasteiger partial charge in [0.2, 0.25) is 5.91 Å². The van der Waals surface area contributed by atoms with Crippen molar-refractivity contribution in [3.05, 3.63) is 51.8 Å². The standard InChI is InChI=1S/C20H24N4O2S/c25-18(22-14-6-1-2-7-14)13-27-19-16-9-5-10-17(16)24(20(26)23-19)12-15-8-3-4-11-21-15/h3-4,8,11,14H,1-2,5-7,9-10,12-13H2,(H,22,25). The summed E-state index contributed by atoms with van der Waals surface area (Å²) >= 11 is 1.39. The summed E-state index contributed by atoms with van der Waals surface area (Å²) < 4.78 is 1.74. The first kappa shape index (κ1) is 18.2. The van der Waals surface area contributed by atoms with E-state index in [9.17, 15) is 9.59 Å². The largest absolute Gasteiger partial charge is 0.353 e. The van der Waals surface area contributed by atoms with Crippen molar-refractivity contribution >= 4 is 17.7 Å². The molecule has 142 valence electrons. The predicted molar refractivity (Wildman–Crippen MR) is 105 cm³/mol. The van der Waals surface area contributed by atoms with E-state index in [1.165, 1.54) is 24.6 Å². The van der Waals surface area contributed by atoms with Crippen LogP contribution in [0.2, 0.25) is 0 Å². The smallest absolute Gasteiger partial charge is 0.349 e. The summed E-state index contributed by atoms with van der Waals surface area (Å²) in [6.07, 6.45) is 9.09. The average molecular weight is 385 g/mol. The third-order valence-electron chi connectivity index (χ3n) is 5.31. The first-order valence-electron chi connectivity index (χ1n) is 9.65. The van der Waals surface area contributed by atoms with E-state index in [0.717, 1.165) is 54.1 Å². The molecule has 1 fully saturated rings. The normalized spacial score (nSPS) is 16.4. The maximum Gasteiger partial charge on any atom is 0.349 e. The SMILES string of the molecule is O=C(CSc1nc(=O)n(Cc2ccccn2)c2c1CCC2)NC1CCCC1. The number of rotatable bonds is 6. The van der Waals surface area contributed by atoms with Crippen LogP contribution in [-0.4, -0.2) is 32.2 Å². The number of aromatic nitrogens is 3. The number of thioether (sulfide) groups is 1. The van der Waals surface area contributed by atoms with Gasteiger partial charge in [0.05, 0.1) is 18.0 Å². The molecule has 4 rings (SSSR count). The minimum absolute atomic E-state index is 0.0399. The maximum absolute atomic E-state index is 12.6. The van der Waals surface area contributed by atoms with Crippen LogP contribution in [0.1, 0.15) is 49.1 Å². The molecule has 0 saturated heterocycles. The van der Waals surface area contributed by atoms with Crippen molar-refractivity contribution in [2.24, 2.45) is 0 Å². The van der Waals surface area contributed by atoms with Crippen molar-refractivity contribution < 1.29 is 4.79 Å². The van der Waals surface area contributed by atoms with Crippen LogP contribution in [0.15, 0.2) is 34.2 Å². The Morgan fingerprint density at radius 1 is 1.22 bits per heavy atom. The van der Waals surface area contributed by atoms with Gasteiger partial charge in [0.15, 0.2) is 0 Å². The molecule has 0 radical (unpaired) electrons. The molecule has 1 N–H and O–H groups in total. The van der Waals surface area contributed by atoms with Gasteiger partial charge in [-0.05, 0) is 44.2 Å². The maximum atomic E-state index is 12.6. The summed E-state index contributed by atoms with van der Waals surface area (Å²) in [5.41, 5.74) is 2.79. The lowest BCUT2D eigenvalue weighted by molar-refractivity contribution is -0.119. The monoisotopic (exact) mass is 384 g/mol. The van der Waals surface area contributed by atoms with Crippen molar-refractivity contribution in [1.82, 2.24) is 19.9 Å². The topological polar surface area (TPSA) is 76.9 Å². The van der Waals surface area contributed by atoms with Crippen molar-refractivity contribution in [1.29, 1.82) is 0 Å². The zero-order valence-electron chi connectivity index (χ0n) is 15.3. The van der Waals surface area contributed by atoms with Crippen molar-refractivity contribution in [2.45, 2.75) is 62.6 Å². The number of amides is 1. The molecule has 0 spiro atoms. The fraction of sp³-hybridized carbons (Fsp3) is 0.500. The number of hydrogen-bond donors (Lipinski definition) is 1. The number of carbonyl (C=O) groups excluding carboxylic acids is 1. The summed E-state index contributed by atoms with van der Waals surface area (Å²) in [6, 6.07) is 6.03. The minimum atomic E-state index is -0.250. The van der Waals surface area contributed by atoms with Crippen molar-refractivity contribution in [2.75, 3.05) is 5.75 Å². The second kappa shape index (κ2) is 8.25. The molecule has 27 heavy (non-hydrogen) atoms. The first-order valence-corrected chi connectivity index (χ1v) is 10.6. The molecular weight excluding hydrogens is 360 g/mol. The molecule has 0 aliphatic heterocycles. The molecule has 2 aliphatic carbocycles. The Morgan fingerprint density at radius 3 is 2.85 bits per heavy atom. The Kier molecular flexibility index (Phi) is 5.57. The van der Waals surface area contributed by atoms with Gasteiger partial charge in [-0.3, -0.25) is 14.3 Å². The summed E-state index contributed by atoms with van der Waals surface area (Å²) in [4.78, 5) is 33.5. The molecule has 1 saturated carbocycles. The van der Waals surface area contributed by atoms with Gasteiger partial charge in [0.25, 0.3) is 0 Å². The third kappa shape index (κ3) is 4.24. The second-order valence-corrected chi connectivity index (χ2v) is 8.19. The molecule has 0 unspecified atom stereocenters. The van der Waals surface area contributed by atoms with Crippen LogP contribution in [0.5, 0.6) is 0 Å². The molecule has 1 amide bonds. The number of carbonyl (C=O) groups is 1. The van der Waals surface area contributed by atoms with E-state index in [0.29, 0.717) is 18.3 Å². The summed E-state index contributed by atoms with van der Waals surface area (Å²) in [5, 5.41) is 3.82. The highest BCUT2D eigenvalue weighted by Gasteiger charge is 2.23. The van der Waals surface area contributed by atoms with E-state index in [2.05, 4.69) is 15.3 Å². The Hall–Kier alpha value is -2.15. The average Bonchev–Trinajstić information content (AvgIpc) is 3.35. The molecule has 2 aromatic heterocycles. The number of nitrogens with zero attached hydrogens (tertiary/aromatic N) is 3. The predicted octanol–water partition coefficient (Wildman–Crippen LogP) is 2.33. The van der Waals surface area contributed by atoms with Gasteiger partial charge in [0.1, 0.15) is 5.03 Å². The highest BCUT2D eigenvalue weighted by atomic mass is 32.2. The lowest BCUT2D eigenvalue weighted by atomic mass is 10.2. The van der Waals surface area contributed by atoms with Crippen LogP contribution in [0.25, 0.3) is 0 Å². The van der Waals surface area contributed by atoms with E-state index >= 15 is 0 Å². The van der Waals surface area contributed by atoms with Gasteiger partial charge in [-0.1, -0.05) is 30.7 Å². The minimum Gasteiger partial charge on any atom is -0.353 e. The summed E-state index contributed by atoms with van der Waals surface area (Å²) in [6.45, 7) is 0.447. The molecule has 6 nitrogen and oxygen atoms in total. The Labute approximate surface area is 162 Å². The molecule has 2 aromatic rings. The Bertz CT molecular complexity index is 876. The molecule has 2 aliphatic rings. The van der Waals surface area contributed by atoms with Gasteiger partial charge in [-0.25, -0.2) is 4.79 Å². The summed E-state index contributed by atoms with van der Waals surface area (Å²) in [5.74, 6) is 0.359. The van der Waals surface area contributed by atoms with Crippen LogP contribution >= 0.6 is 11.8 Å². The molecule has 0 aromatic carbocycles. The van der Waals surface area contributed by atoms with E-state index < -0.39 is 0 Å². The van der Waals surface area contributed by atoms with E-state index in [1.807, 2.05) is 18.2 Å². The quantitative estimate of drug-likeness (QED) is 0.611. The van der Waals surface area contributed by atoms with Crippen LogP contribution in [-0.2, 0) is 24.2 Å². The van der Waals surface area contributed by atoms with Crippen LogP contribution in [0.3, 0.4) is 0 Å². The van der Waals surface area contributed by atoms with E-state index in [1.54, 1.807) is 10.8 Å². The van der Waals surface area contributed by atoms with Gasteiger partial charge >= 0.3 is 5.69 Å². The third-order valence-corrected chi connectivity index (χ3v) is 6.32. The summed E-state index contributed by atoms with van der Waals surface area (Å²) in [7, 11) is 0. The number of fused-ring (bicyclic) bond motifs is 1. The zero-order chi connectivity index (χ0) is 18.6. The van der Waals surface area contributed by atoms with Crippen molar-refractivity contribution in [3.8, 4) is 0 Å². The molecule has 0 bridgehead atoms. The Morgan fingerprint density at radius 2 is 2.07 bits per heavy atom. The molecule has 0 atom stereocenters. The Balaban J connectivity index is 1.49. The number of nitrogens with one attached hydrogen (secondary N) is 1. The fourth-order valence-corrected chi connectivity index (χ4v) is 4.88. The van der Waals surface area contributed by atoms with Gasteiger partial charge in [-0.15, -0.1) is 0 Å². The van der Waals surface area contributed by atoms with Gasteiger partial charge in [-0.2, -0.15) is 4.98 Å². The van der Waals surface area contributed by atoms with Gasteiger partial charge in [0, 0.05) is 23.5 Å². The fourth-order valence-electron chi connectivity index (χ4n) is 4.00. The lowest BCUT2D eigenvalue weighted by Crippen LogP contribution is -2.34. The zero-order valence-corrected chi connectivity index (χ0v) is 16.1. The van der Waals surface area contributed by atoms with Crippen molar-refractivity contribution in [3.63, 3.8) is 0 Å². The highest BCUT2D eigenvalue weighted by molar-refractivity contribution is 7.99. The van der Waals surface area contributed by atoms with E-state index in [4.69, 9.17) is 0 Å². The first-order chi connectivity index (χ1) is 13.2. The lowest BCUT2D eigenvalue weighted by Gasteiger charge is -2.15.